The Labute approximate surface area is 162 Å². The Kier molecular flexibility index (Phi) is 6.06. The van der Waals surface area contributed by atoms with E-state index in [0.29, 0.717) is 24.3 Å². The molecule has 136 valence electrons. The van der Waals surface area contributed by atoms with Crippen LogP contribution < -0.4 is 4.74 Å². The first kappa shape index (κ1) is 18.6. The zero-order chi connectivity index (χ0) is 18.5. The highest BCUT2D eigenvalue weighted by molar-refractivity contribution is 9.10. The fraction of sp³-hybridized carbons (Fsp3) is 0.300. The molecule has 0 saturated carbocycles. The van der Waals surface area contributed by atoms with E-state index >= 15 is 0 Å². The Morgan fingerprint density at radius 3 is 2.65 bits per heavy atom. The lowest BCUT2D eigenvalue weighted by Gasteiger charge is -2.23. The van der Waals surface area contributed by atoms with Gasteiger partial charge in [0.1, 0.15) is 5.75 Å². The first-order valence-electron chi connectivity index (χ1n) is 8.47. The van der Waals surface area contributed by atoms with Gasteiger partial charge in [0.05, 0.1) is 13.7 Å². The van der Waals surface area contributed by atoms with E-state index in [2.05, 4.69) is 57.1 Å². The van der Waals surface area contributed by atoms with Crippen molar-refractivity contribution < 1.29 is 9.26 Å². The normalized spacial score (nSPS) is 12.3. The first-order chi connectivity index (χ1) is 12.5. The number of nitrogens with zero attached hydrogens (tertiary/aromatic N) is 3. The van der Waals surface area contributed by atoms with E-state index < -0.39 is 0 Å². The molecule has 1 unspecified atom stereocenters. The van der Waals surface area contributed by atoms with Gasteiger partial charge in [-0.15, -0.1) is 0 Å². The van der Waals surface area contributed by atoms with Gasteiger partial charge in [-0.1, -0.05) is 45.4 Å². The van der Waals surface area contributed by atoms with Crippen LogP contribution in [0.15, 0.2) is 57.5 Å². The van der Waals surface area contributed by atoms with Crippen LogP contribution in [0.25, 0.3) is 11.4 Å². The van der Waals surface area contributed by atoms with Crippen molar-refractivity contribution in [3.05, 3.63) is 64.5 Å². The summed E-state index contributed by atoms with van der Waals surface area (Å²) in [5.74, 6) is 2.10. The summed E-state index contributed by atoms with van der Waals surface area (Å²) >= 11 is 3.46. The van der Waals surface area contributed by atoms with Crippen LogP contribution in [-0.4, -0.2) is 35.2 Å². The number of hydrogen-bond acceptors (Lipinski definition) is 5. The summed E-state index contributed by atoms with van der Waals surface area (Å²) in [6.07, 6.45) is 0.938. The lowest BCUT2D eigenvalue weighted by molar-refractivity contribution is 0.213. The number of likely N-dealkylation sites (N-methyl/N-ethyl adjacent to an activating group) is 1. The van der Waals surface area contributed by atoms with Gasteiger partial charge in [-0.05, 0) is 50.2 Å². The third kappa shape index (κ3) is 4.71. The van der Waals surface area contributed by atoms with Crippen LogP contribution in [0, 0.1) is 0 Å². The smallest absolute Gasteiger partial charge is 0.241 e. The van der Waals surface area contributed by atoms with Crippen molar-refractivity contribution in [2.24, 2.45) is 0 Å². The molecular weight excluding hydrogens is 394 g/mol. The molecule has 0 spiro atoms. The lowest BCUT2D eigenvalue weighted by Crippen LogP contribution is -2.30. The van der Waals surface area contributed by atoms with Crippen molar-refractivity contribution in [2.45, 2.75) is 25.9 Å². The maximum atomic E-state index is 5.43. The number of halogens is 1. The molecule has 1 heterocycles. The van der Waals surface area contributed by atoms with Gasteiger partial charge in [-0.3, -0.25) is 4.90 Å². The van der Waals surface area contributed by atoms with E-state index in [0.717, 1.165) is 22.2 Å². The largest absolute Gasteiger partial charge is 0.497 e. The van der Waals surface area contributed by atoms with Crippen LogP contribution in [0.3, 0.4) is 0 Å². The second-order valence-electron chi connectivity index (χ2n) is 6.34. The summed E-state index contributed by atoms with van der Waals surface area (Å²) in [6.45, 7) is 2.80. The molecule has 3 rings (SSSR count). The van der Waals surface area contributed by atoms with Crippen molar-refractivity contribution >= 4 is 15.9 Å². The number of benzene rings is 2. The third-order valence-electron chi connectivity index (χ3n) is 4.38. The molecule has 0 aliphatic carbocycles. The molecular formula is C20H22BrN3O2. The minimum Gasteiger partial charge on any atom is -0.497 e. The molecule has 0 radical (unpaired) electrons. The topological polar surface area (TPSA) is 51.4 Å². The fourth-order valence-electron chi connectivity index (χ4n) is 2.69. The number of methoxy groups -OCH3 is 1. The van der Waals surface area contributed by atoms with Crippen molar-refractivity contribution in [2.75, 3.05) is 14.2 Å². The van der Waals surface area contributed by atoms with Crippen LogP contribution in [0.1, 0.15) is 18.4 Å². The Hall–Kier alpha value is -2.18. The number of hydrogen-bond donors (Lipinski definition) is 0. The van der Waals surface area contributed by atoms with E-state index in [9.17, 15) is 0 Å². The first-order valence-corrected chi connectivity index (χ1v) is 9.26. The van der Waals surface area contributed by atoms with Gasteiger partial charge >= 0.3 is 0 Å². The van der Waals surface area contributed by atoms with Crippen molar-refractivity contribution in [3.63, 3.8) is 0 Å². The molecule has 0 fully saturated rings. The van der Waals surface area contributed by atoms with Crippen molar-refractivity contribution in [3.8, 4) is 17.1 Å². The molecule has 0 N–H and O–H groups in total. The van der Waals surface area contributed by atoms with Gasteiger partial charge in [-0.25, -0.2) is 0 Å². The molecule has 0 aliphatic heterocycles. The quantitative estimate of drug-likeness (QED) is 0.565. The summed E-state index contributed by atoms with van der Waals surface area (Å²) in [7, 11) is 3.75. The van der Waals surface area contributed by atoms with E-state index in [-0.39, 0.29) is 0 Å². The zero-order valence-electron chi connectivity index (χ0n) is 15.1. The second-order valence-corrected chi connectivity index (χ2v) is 7.25. The monoisotopic (exact) mass is 415 g/mol. The lowest BCUT2D eigenvalue weighted by atomic mass is 10.1. The molecule has 2 aromatic carbocycles. The third-order valence-corrected chi connectivity index (χ3v) is 4.87. The fourth-order valence-corrected chi connectivity index (χ4v) is 3.09. The Bertz CT molecular complexity index is 848. The summed E-state index contributed by atoms with van der Waals surface area (Å²) in [5, 5.41) is 4.10. The van der Waals surface area contributed by atoms with Crippen LogP contribution in [0.4, 0.5) is 0 Å². The second kappa shape index (κ2) is 8.47. The van der Waals surface area contributed by atoms with E-state index in [1.165, 1.54) is 5.56 Å². The van der Waals surface area contributed by atoms with Gasteiger partial charge in [0.25, 0.3) is 0 Å². The summed E-state index contributed by atoms with van der Waals surface area (Å²) < 4.78 is 11.6. The summed E-state index contributed by atoms with van der Waals surface area (Å²) in [6, 6.07) is 16.4. The molecule has 26 heavy (non-hydrogen) atoms. The molecule has 0 aliphatic rings. The SMILES string of the molecule is COc1ccc(CC(C)N(C)Cc2nc(-c3cccc(Br)c3)no2)cc1. The Balaban J connectivity index is 1.61. The van der Waals surface area contributed by atoms with Gasteiger partial charge in [-0.2, -0.15) is 4.98 Å². The van der Waals surface area contributed by atoms with Gasteiger partial charge < -0.3 is 9.26 Å². The average molecular weight is 416 g/mol. The molecule has 0 bridgehead atoms. The Morgan fingerprint density at radius 2 is 1.96 bits per heavy atom. The summed E-state index contributed by atoms with van der Waals surface area (Å²) in [4.78, 5) is 6.73. The summed E-state index contributed by atoms with van der Waals surface area (Å²) in [5.41, 5.74) is 2.20. The van der Waals surface area contributed by atoms with Crippen molar-refractivity contribution in [1.29, 1.82) is 0 Å². The van der Waals surface area contributed by atoms with Crippen LogP contribution in [0.2, 0.25) is 0 Å². The van der Waals surface area contributed by atoms with Crippen LogP contribution in [-0.2, 0) is 13.0 Å². The molecule has 1 atom stereocenters. The highest BCUT2D eigenvalue weighted by Crippen LogP contribution is 2.21. The minimum atomic E-state index is 0.338. The standard InChI is InChI=1S/C20H22BrN3O2/c1-14(11-15-7-9-18(25-3)10-8-15)24(2)13-19-22-20(23-26-19)16-5-4-6-17(21)12-16/h4-10,12,14H,11,13H2,1-3H3. The van der Waals surface area contributed by atoms with Gasteiger partial charge in [0.15, 0.2) is 0 Å². The minimum absolute atomic E-state index is 0.338. The molecule has 6 heteroatoms. The Morgan fingerprint density at radius 1 is 1.19 bits per heavy atom. The van der Waals surface area contributed by atoms with Gasteiger partial charge in [0.2, 0.25) is 11.7 Å². The van der Waals surface area contributed by atoms with E-state index in [1.54, 1.807) is 7.11 Å². The molecule has 5 nitrogen and oxygen atoms in total. The maximum Gasteiger partial charge on any atom is 0.241 e. The highest BCUT2D eigenvalue weighted by atomic mass is 79.9. The van der Waals surface area contributed by atoms with Gasteiger partial charge in [0, 0.05) is 16.1 Å². The van der Waals surface area contributed by atoms with Crippen molar-refractivity contribution in [1.82, 2.24) is 15.0 Å². The number of rotatable bonds is 7. The van der Waals surface area contributed by atoms with E-state index in [4.69, 9.17) is 9.26 Å². The zero-order valence-corrected chi connectivity index (χ0v) is 16.7. The van der Waals surface area contributed by atoms with Crippen LogP contribution >= 0.6 is 15.9 Å². The average Bonchev–Trinajstić information content (AvgIpc) is 3.11. The molecule has 0 saturated heterocycles. The molecule has 1 aromatic heterocycles. The maximum absolute atomic E-state index is 5.43. The highest BCUT2D eigenvalue weighted by Gasteiger charge is 2.15. The predicted octanol–water partition coefficient (Wildman–Crippen LogP) is 4.57. The number of aromatic nitrogens is 2. The predicted molar refractivity (Wildman–Crippen MR) is 105 cm³/mol. The van der Waals surface area contributed by atoms with Crippen LogP contribution in [0.5, 0.6) is 5.75 Å². The molecule has 3 aromatic rings. The molecule has 0 amide bonds. The number of ether oxygens (including phenoxy) is 1. The van der Waals surface area contributed by atoms with E-state index in [1.807, 2.05) is 36.4 Å².